The lowest BCUT2D eigenvalue weighted by Crippen LogP contribution is -2.55. The lowest BCUT2D eigenvalue weighted by Gasteiger charge is -2.43. The average molecular weight is 248 g/mol. The van der Waals surface area contributed by atoms with Gasteiger partial charge in [0.2, 0.25) is 0 Å². The molecule has 2 nitrogen and oxygen atoms in total. The Morgan fingerprint density at radius 3 is 2.29 bits per heavy atom. The molecule has 4 N–H and O–H groups in total. The van der Waals surface area contributed by atoms with Gasteiger partial charge in [-0.1, -0.05) is 6.07 Å². The van der Waals surface area contributed by atoms with Crippen LogP contribution in [0, 0.1) is 5.82 Å². The van der Waals surface area contributed by atoms with Gasteiger partial charge in [0.15, 0.2) is 0 Å². The van der Waals surface area contributed by atoms with E-state index in [9.17, 15) is 17.6 Å². The Balaban J connectivity index is 2.39. The van der Waals surface area contributed by atoms with Gasteiger partial charge in [-0.05, 0) is 30.5 Å². The first-order valence-corrected chi connectivity index (χ1v) is 5.14. The van der Waals surface area contributed by atoms with Crippen molar-refractivity contribution in [1.82, 2.24) is 0 Å². The number of nitrogens with two attached hydrogens (primary N) is 2. The van der Waals surface area contributed by atoms with Crippen LogP contribution in [0.1, 0.15) is 24.0 Å². The summed E-state index contributed by atoms with van der Waals surface area (Å²) in [5.74, 6) is -1.28. The second kappa shape index (κ2) is 3.68. The van der Waals surface area contributed by atoms with Gasteiger partial charge in [0, 0.05) is 11.6 Å². The summed E-state index contributed by atoms with van der Waals surface area (Å²) in [5.41, 5.74) is 9.63. The molecule has 0 aliphatic heterocycles. The molecule has 17 heavy (non-hydrogen) atoms. The second-order valence-electron chi connectivity index (χ2n) is 4.52. The average Bonchev–Trinajstić information content (AvgIpc) is 2.14. The molecule has 94 valence electrons. The highest BCUT2D eigenvalue weighted by Crippen LogP contribution is 2.40. The van der Waals surface area contributed by atoms with Gasteiger partial charge in [-0.2, -0.15) is 13.2 Å². The topological polar surface area (TPSA) is 52.0 Å². The molecule has 0 bridgehead atoms. The van der Waals surface area contributed by atoms with Crippen molar-refractivity contribution in [2.75, 3.05) is 0 Å². The van der Waals surface area contributed by atoms with Gasteiger partial charge in [0.25, 0.3) is 0 Å². The van der Waals surface area contributed by atoms with E-state index >= 15 is 0 Å². The molecule has 6 heteroatoms. The van der Waals surface area contributed by atoms with E-state index in [1.165, 1.54) is 6.07 Å². The molecule has 1 aliphatic rings. The molecular weight excluding hydrogens is 236 g/mol. The van der Waals surface area contributed by atoms with Crippen LogP contribution in [0.15, 0.2) is 18.2 Å². The highest BCUT2D eigenvalue weighted by molar-refractivity contribution is 5.34. The molecule has 0 spiro atoms. The maximum absolute atomic E-state index is 13.1. The quantitative estimate of drug-likeness (QED) is 0.748. The van der Waals surface area contributed by atoms with Crippen LogP contribution in [-0.4, -0.2) is 6.04 Å². The molecular formula is C11H12F4N2. The monoisotopic (exact) mass is 248 g/mol. The summed E-state index contributed by atoms with van der Waals surface area (Å²) in [6, 6.07) is 2.77. The van der Waals surface area contributed by atoms with Crippen molar-refractivity contribution in [3.63, 3.8) is 0 Å². The first kappa shape index (κ1) is 12.3. The molecule has 0 saturated heterocycles. The predicted molar refractivity (Wildman–Crippen MR) is 54.5 cm³/mol. The fourth-order valence-corrected chi connectivity index (χ4v) is 2.16. The third-order valence-corrected chi connectivity index (χ3v) is 3.10. The zero-order chi connectivity index (χ0) is 12.8. The van der Waals surface area contributed by atoms with E-state index in [0.717, 1.165) is 12.1 Å². The Bertz CT molecular complexity index is 436. The van der Waals surface area contributed by atoms with Crippen LogP contribution in [-0.2, 0) is 11.7 Å². The lowest BCUT2D eigenvalue weighted by atomic mass is 9.69. The maximum Gasteiger partial charge on any atom is 0.419 e. The van der Waals surface area contributed by atoms with Crippen molar-refractivity contribution in [3.05, 3.63) is 35.1 Å². The van der Waals surface area contributed by atoms with Gasteiger partial charge in [0.05, 0.1) is 5.56 Å². The summed E-state index contributed by atoms with van der Waals surface area (Å²) in [5, 5.41) is 0. The number of rotatable bonds is 1. The molecule has 1 fully saturated rings. The van der Waals surface area contributed by atoms with Crippen LogP contribution >= 0.6 is 0 Å². The maximum atomic E-state index is 13.1. The lowest BCUT2D eigenvalue weighted by molar-refractivity contribution is -0.140. The van der Waals surface area contributed by atoms with E-state index in [2.05, 4.69) is 0 Å². The largest absolute Gasteiger partial charge is 0.419 e. The minimum absolute atomic E-state index is 0.0978. The van der Waals surface area contributed by atoms with Crippen LogP contribution in [0.2, 0.25) is 0 Å². The Labute approximate surface area is 95.6 Å². The van der Waals surface area contributed by atoms with E-state index in [-0.39, 0.29) is 11.6 Å². The van der Waals surface area contributed by atoms with E-state index in [1.54, 1.807) is 0 Å². The SMILES string of the molecule is NC1CC(N)(c2ccc(F)c(C(F)(F)F)c2)C1. The zero-order valence-electron chi connectivity index (χ0n) is 8.89. The first-order valence-electron chi connectivity index (χ1n) is 5.14. The van der Waals surface area contributed by atoms with Crippen molar-refractivity contribution in [2.45, 2.75) is 30.6 Å². The van der Waals surface area contributed by atoms with Gasteiger partial charge < -0.3 is 11.5 Å². The van der Waals surface area contributed by atoms with Crippen molar-refractivity contribution < 1.29 is 17.6 Å². The zero-order valence-corrected chi connectivity index (χ0v) is 8.89. The predicted octanol–water partition coefficient (Wildman–Crippen LogP) is 2.12. The minimum Gasteiger partial charge on any atom is -0.328 e. The Morgan fingerprint density at radius 2 is 1.82 bits per heavy atom. The van der Waals surface area contributed by atoms with Gasteiger partial charge in [0.1, 0.15) is 5.82 Å². The fourth-order valence-electron chi connectivity index (χ4n) is 2.16. The van der Waals surface area contributed by atoms with Crippen molar-refractivity contribution in [3.8, 4) is 0 Å². The molecule has 1 aliphatic carbocycles. The molecule has 0 heterocycles. The van der Waals surface area contributed by atoms with E-state index in [0.29, 0.717) is 12.8 Å². The highest BCUT2D eigenvalue weighted by atomic mass is 19.4. The van der Waals surface area contributed by atoms with Crippen LogP contribution in [0.3, 0.4) is 0 Å². The summed E-state index contributed by atoms with van der Waals surface area (Å²) < 4.78 is 50.6. The molecule has 1 aromatic carbocycles. The Hall–Kier alpha value is -1.14. The molecule has 0 radical (unpaired) electrons. The van der Waals surface area contributed by atoms with Crippen LogP contribution in [0.5, 0.6) is 0 Å². The summed E-state index contributed by atoms with van der Waals surface area (Å²) in [7, 11) is 0. The molecule has 1 saturated carbocycles. The molecule has 0 atom stereocenters. The second-order valence-corrected chi connectivity index (χ2v) is 4.52. The summed E-state index contributed by atoms with van der Waals surface area (Å²) >= 11 is 0. The van der Waals surface area contributed by atoms with Gasteiger partial charge >= 0.3 is 6.18 Å². The first-order chi connectivity index (χ1) is 7.72. The minimum atomic E-state index is -4.71. The summed E-state index contributed by atoms with van der Waals surface area (Å²) in [4.78, 5) is 0. The van der Waals surface area contributed by atoms with Gasteiger partial charge in [-0.25, -0.2) is 4.39 Å². The van der Waals surface area contributed by atoms with E-state index in [1.807, 2.05) is 0 Å². The normalized spacial score (nSPS) is 28.9. The van der Waals surface area contributed by atoms with Crippen molar-refractivity contribution in [2.24, 2.45) is 11.5 Å². The summed E-state index contributed by atoms with van der Waals surface area (Å²) in [6.45, 7) is 0. The van der Waals surface area contributed by atoms with Crippen LogP contribution < -0.4 is 11.5 Å². The Morgan fingerprint density at radius 1 is 1.24 bits per heavy atom. The van der Waals surface area contributed by atoms with Crippen molar-refractivity contribution >= 4 is 0 Å². The van der Waals surface area contributed by atoms with Gasteiger partial charge in [-0.15, -0.1) is 0 Å². The fraction of sp³-hybridized carbons (Fsp3) is 0.455. The van der Waals surface area contributed by atoms with Crippen LogP contribution in [0.4, 0.5) is 17.6 Å². The van der Waals surface area contributed by atoms with Crippen LogP contribution in [0.25, 0.3) is 0 Å². The smallest absolute Gasteiger partial charge is 0.328 e. The third-order valence-electron chi connectivity index (χ3n) is 3.10. The number of halogens is 4. The standard InChI is InChI=1S/C11H12F4N2/c12-9-2-1-6(3-8(9)11(13,14)15)10(17)4-7(16)5-10/h1-3,7H,4-5,16-17H2. The number of hydrogen-bond acceptors (Lipinski definition) is 2. The summed E-state index contributed by atoms with van der Waals surface area (Å²) in [6.07, 6.45) is -3.88. The third kappa shape index (κ3) is 2.14. The number of hydrogen-bond donors (Lipinski definition) is 2. The molecule has 0 unspecified atom stereocenters. The molecule has 1 aromatic rings. The molecule has 0 aromatic heterocycles. The van der Waals surface area contributed by atoms with E-state index in [4.69, 9.17) is 11.5 Å². The van der Waals surface area contributed by atoms with Gasteiger partial charge in [-0.3, -0.25) is 0 Å². The number of alkyl halides is 3. The molecule has 0 amide bonds. The Kier molecular flexibility index (Phi) is 2.67. The molecule has 2 rings (SSSR count). The highest BCUT2D eigenvalue weighted by Gasteiger charge is 2.42. The number of benzene rings is 1. The van der Waals surface area contributed by atoms with E-state index < -0.39 is 23.1 Å². The van der Waals surface area contributed by atoms with Crippen molar-refractivity contribution in [1.29, 1.82) is 0 Å².